The maximum Gasteiger partial charge on any atom is 0.253 e. The van der Waals surface area contributed by atoms with Crippen molar-refractivity contribution in [3.63, 3.8) is 0 Å². The zero-order valence-electron chi connectivity index (χ0n) is 24.8. The van der Waals surface area contributed by atoms with Gasteiger partial charge in [0.2, 0.25) is 5.91 Å². The van der Waals surface area contributed by atoms with Crippen LogP contribution in [0.4, 0.5) is 0 Å². The Labute approximate surface area is 230 Å². The molecule has 3 N–H and O–H groups in total. The molecule has 0 spiro atoms. The van der Waals surface area contributed by atoms with Gasteiger partial charge in [0.25, 0.3) is 5.91 Å². The minimum absolute atomic E-state index is 0.0410. The smallest absolute Gasteiger partial charge is 0.253 e. The Balaban J connectivity index is 1.72. The van der Waals surface area contributed by atoms with Gasteiger partial charge in [0, 0.05) is 29.9 Å². The predicted octanol–water partition coefficient (Wildman–Crippen LogP) is 7.02. The quantitative estimate of drug-likeness (QED) is 0.373. The van der Waals surface area contributed by atoms with Gasteiger partial charge < -0.3 is 15.6 Å². The highest BCUT2D eigenvalue weighted by atomic mass is 16.2. The monoisotopic (exact) mass is 519 g/mol. The second-order valence-corrected chi connectivity index (χ2v) is 14.0. The molecule has 2 aromatic rings. The lowest BCUT2D eigenvalue weighted by molar-refractivity contribution is -0.126. The van der Waals surface area contributed by atoms with Crippen LogP contribution in [0.5, 0.6) is 0 Å². The maximum atomic E-state index is 13.4. The van der Waals surface area contributed by atoms with E-state index in [0.29, 0.717) is 18.9 Å². The van der Waals surface area contributed by atoms with Crippen molar-refractivity contribution in [2.45, 2.75) is 117 Å². The van der Waals surface area contributed by atoms with E-state index >= 15 is 0 Å². The van der Waals surface area contributed by atoms with E-state index in [2.05, 4.69) is 68.8 Å². The Morgan fingerprint density at radius 3 is 2.26 bits per heavy atom. The molecule has 38 heavy (non-hydrogen) atoms. The van der Waals surface area contributed by atoms with E-state index in [4.69, 9.17) is 5.73 Å². The van der Waals surface area contributed by atoms with Gasteiger partial charge in [-0.15, -0.1) is 0 Å². The molecule has 1 aromatic heterocycles. The highest BCUT2D eigenvalue weighted by Gasteiger charge is 2.40. The predicted molar refractivity (Wildman–Crippen MR) is 156 cm³/mol. The minimum Gasteiger partial charge on any atom is -0.369 e. The van der Waals surface area contributed by atoms with Gasteiger partial charge in [-0.3, -0.25) is 9.59 Å². The summed E-state index contributed by atoms with van der Waals surface area (Å²) in [6.07, 6.45) is 9.42. The number of nitrogens with two attached hydrogens (primary N) is 1. The van der Waals surface area contributed by atoms with Gasteiger partial charge in [0.15, 0.2) is 0 Å². The van der Waals surface area contributed by atoms with Crippen LogP contribution < -0.4 is 11.1 Å². The van der Waals surface area contributed by atoms with Gasteiger partial charge in [-0.2, -0.15) is 0 Å². The third kappa shape index (κ3) is 6.18. The average Bonchev–Trinajstić information content (AvgIpc) is 3.53. The summed E-state index contributed by atoms with van der Waals surface area (Å²) in [5.74, 6) is 0.225. The van der Waals surface area contributed by atoms with E-state index < -0.39 is 5.41 Å². The molecule has 0 saturated heterocycles. The number of carbonyl (C=O) groups is 2. The van der Waals surface area contributed by atoms with Crippen LogP contribution >= 0.6 is 0 Å². The first kappa shape index (κ1) is 28.4. The van der Waals surface area contributed by atoms with Crippen LogP contribution in [0.2, 0.25) is 0 Å². The van der Waals surface area contributed by atoms with Crippen LogP contribution in [0.15, 0.2) is 24.3 Å². The Morgan fingerprint density at radius 2 is 1.68 bits per heavy atom. The summed E-state index contributed by atoms with van der Waals surface area (Å²) in [4.78, 5) is 25.2. The molecule has 2 amide bonds. The zero-order chi connectivity index (χ0) is 27.9. The molecule has 1 heterocycles. The fraction of sp³-hybridized carbons (Fsp3) is 0.636. The lowest BCUT2D eigenvalue weighted by Crippen LogP contribution is -2.36. The molecule has 0 bridgehead atoms. The number of hydrogen-bond acceptors (Lipinski definition) is 2. The standard InChI is InChI=1S/C33H49N3O2/c1-22-27(29(37)35-16-15-32(5,6)30(34)38)20-28(36(22)21-23-11-9-8-10-12-23)24-17-25(31(2,3)4)19-26(18-24)33(7)13-14-33/h17-20,23H,8-16,21H2,1-7H3,(H2,34,38)(H,35,37). The Hall–Kier alpha value is -2.56. The van der Waals surface area contributed by atoms with Crippen molar-refractivity contribution in [2.24, 2.45) is 17.1 Å². The summed E-state index contributed by atoms with van der Waals surface area (Å²) in [6.45, 7) is 16.3. The van der Waals surface area contributed by atoms with E-state index in [1.165, 1.54) is 61.6 Å². The van der Waals surface area contributed by atoms with Crippen LogP contribution in [0.25, 0.3) is 11.3 Å². The average molecular weight is 520 g/mol. The van der Waals surface area contributed by atoms with Crippen LogP contribution in [-0.2, 0) is 22.2 Å². The molecular formula is C33H49N3O2. The van der Waals surface area contributed by atoms with Gasteiger partial charge >= 0.3 is 0 Å². The molecule has 4 rings (SSSR count). The van der Waals surface area contributed by atoms with Crippen LogP contribution in [0, 0.1) is 18.3 Å². The molecule has 0 atom stereocenters. The third-order valence-corrected chi connectivity index (χ3v) is 9.27. The van der Waals surface area contributed by atoms with Gasteiger partial charge in [-0.25, -0.2) is 0 Å². The summed E-state index contributed by atoms with van der Waals surface area (Å²) in [5, 5.41) is 3.07. The van der Waals surface area contributed by atoms with Crippen molar-refractivity contribution in [1.29, 1.82) is 0 Å². The number of nitrogens with one attached hydrogen (secondary N) is 1. The Morgan fingerprint density at radius 1 is 1.03 bits per heavy atom. The molecule has 0 unspecified atom stereocenters. The number of amides is 2. The number of hydrogen-bond donors (Lipinski definition) is 2. The van der Waals surface area contributed by atoms with E-state index in [1.54, 1.807) is 0 Å². The molecule has 0 aliphatic heterocycles. The molecule has 1 aromatic carbocycles. The van der Waals surface area contributed by atoms with E-state index in [0.717, 1.165) is 23.5 Å². The van der Waals surface area contributed by atoms with Crippen molar-refractivity contribution in [2.75, 3.05) is 6.54 Å². The van der Waals surface area contributed by atoms with Crippen molar-refractivity contribution in [3.8, 4) is 11.3 Å². The van der Waals surface area contributed by atoms with E-state index in [1.807, 2.05) is 13.8 Å². The summed E-state index contributed by atoms with van der Waals surface area (Å²) in [7, 11) is 0. The number of benzene rings is 1. The topological polar surface area (TPSA) is 77.1 Å². The van der Waals surface area contributed by atoms with Gasteiger partial charge in [-0.05, 0) is 90.7 Å². The molecule has 2 aliphatic carbocycles. The third-order valence-electron chi connectivity index (χ3n) is 9.27. The summed E-state index contributed by atoms with van der Waals surface area (Å²) in [5.41, 5.74) is 12.1. The highest BCUT2D eigenvalue weighted by molar-refractivity contribution is 5.97. The molecule has 5 nitrogen and oxygen atoms in total. The lowest BCUT2D eigenvalue weighted by Gasteiger charge is -2.26. The molecular weight excluding hydrogens is 470 g/mol. The molecule has 5 heteroatoms. The summed E-state index contributed by atoms with van der Waals surface area (Å²) < 4.78 is 2.42. The fourth-order valence-electron chi connectivity index (χ4n) is 5.72. The van der Waals surface area contributed by atoms with Gasteiger partial charge in [0.05, 0.1) is 5.56 Å². The zero-order valence-corrected chi connectivity index (χ0v) is 24.8. The highest BCUT2D eigenvalue weighted by Crippen LogP contribution is 2.49. The number of primary amides is 1. The first-order chi connectivity index (χ1) is 17.7. The summed E-state index contributed by atoms with van der Waals surface area (Å²) >= 11 is 0. The number of aromatic nitrogens is 1. The first-order valence-corrected chi connectivity index (χ1v) is 14.7. The molecule has 208 valence electrons. The number of rotatable bonds is 9. The maximum absolute atomic E-state index is 13.4. The van der Waals surface area contributed by atoms with Crippen LogP contribution in [0.3, 0.4) is 0 Å². The van der Waals surface area contributed by atoms with Crippen molar-refractivity contribution in [3.05, 3.63) is 46.6 Å². The van der Waals surface area contributed by atoms with Crippen molar-refractivity contribution < 1.29 is 9.59 Å². The van der Waals surface area contributed by atoms with Crippen LogP contribution in [-0.4, -0.2) is 22.9 Å². The van der Waals surface area contributed by atoms with Crippen molar-refractivity contribution >= 4 is 11.8 Å². The lowest BCUT2D eigenvalue weighted by atomic mass is 9.82. The molecule has 0 radical (unpaired) electrons. The van der Waals surface area contributed by atoms with Crippen LogP contribution in [0.1, 0.15) is 120 Å². The Bertz CT molecular complexity index is 1160. The van der Waals surface area contributed by atoms with Gasteiger partial charge in [-0.1, -0.05) is 66.9 Å². The first-order valence-electron chi connectivity index (χ1n) is 14.7. The van der Waals surface area contributed by atoms with Crippen molar-refractivity contribution in [1.82, 2.24) is 9.88 Å². The normalized spacial score (nSPS) is 17.9. The second kappa shape index (κ2) is 10.5. The van der Waals surface area contributed by atoms with Gasteiger partial charge in [0.1, 0.15) is 0 Å². The fourth-order valence-corrected chi connectivity index (χ4v) is 5.72. The largest absolute Gasteiger partial charge is 0.369 e. The second-order valence-electron chi connectivity index (χ2n) is 14.0. The minimum atomic E-state index is -0.650. The molecule has 2 fully saturated rings. The van der Waals surface area contributed by atoms with E-state index in [9.17, 15) is 9.59 Å². The number of nitrogens with zero attached hydrogens (tertiary/aromatic N) is 1. The van der Waals surface area contributed by atoms with E-state index in [-0.39, 0.29) is 22.6 Å². The SMILES string of the molecule is Cc1c(C(=O)NCCC(C)(C)C(N)=O)cc(-c2cc(C(C)(C)C)cc(C3(C)CC3)c2)n1CC1CCCCC1. The number of carbonyl (C=O) groups excluding carboxylic acids is 2. The molecule has 2 aliphatic rings. The summed E-state index contributed by atoms with van der Waals surface area (Å²) in [6, 6.07) is 9.24. The Kier molecular flexibility index (Phi) is 7.89. The molecule has 2 saturated carbocycles.